The summed E-state index contributed by atoms with van der Waals surface area (Å²) in [4.78, 5) is 7.01. The Labute approximate surface area is 110 Å². The van der Waals surface area contributed by atoms with Gasteiger partial charge in [-0.15, -0.1) is 0 Å². The SMILES string of the molecule is CC[C@@H](N)c1ccc(N2CCCCCC2C)cn1. The van der Waals surface area contributed by atoms with Gasteiger partial charge in [0.1, 0.15) is 0 Å². The second-order valence-electron chi connectivity index (χ2n) is 5.35. The number of pyridine rings is 1. The average Bonchev–Trinajstić information content (AvgIpc) is 2.63. The van der Waals surface area contributed by atoms with Crippen LogP contribution < -0.4 is 10.6 Å². The van der Waals surface area contributed by atoms with Crippen LogP contribution in [0.2, 0.25) is 0 Å². The second kappa shape index (κ2) is 6.19. The molecule has 0 radical (unpaired) electrons. The zero-order valence-electron chi connectivity index (χ0n) is 11.6. The van der Waals surface area contributed by atoms with Crippen LogP contribution in [-0.2, 0) is 0 Å². The lowest BCUT2D eigenvalue weighted by atomic mass is 10.1. The van der Waals surface area contributed by atoms with Crippen molar-refractivity contribution in [3.8, 4) is 0 Å². The molecule has 1 aromatic heterocycles. The topological polar surface area (TPSA) is 42.1 Å². The summed E-state index contributed by atoms with van der Waals surface area (Å²) in [7, 11) is 0. The lowest BCUT2D eigenvalue weighted by Gasteiger charge is -2.29. The molecule has 1 saturated heterocycles. The third-order valence-corrected chi connectivity index (χ3v) is 3.98. The third-order valence-electron chi connectivity index (χ3n) is 3.98. The number of anilines is 1. The third kappa shape index (κ3) is 3.02. The van der Waals surface area contributed by atoms with Crippen LogP contribution in [0.5, 0.6) is 0 Å². The summed E-state index contributed by atoms with van der Waals surface area (Å²) in [5.74, 6) is 0. The first kappa shape index (κ1) is 13.3. The molecule has 1 aromatic rings. The first-order valence-corrected chi connectivity index (χ1v) is 7.20. The van der Waals surface area contributed by atoms with Crippen molar-refractivity contribution in [2.45, 2.75) is 58.0 Å². The van der Waals surface area contributed by atoms with E-state index in [1.54, 1.807) is 0 Å². The standard InChI is InChI=1S/C15H25N3/c1-3-14(16)15-9-8-13(11-17-15)18-10-6-4-5-7-12(18)2/h8-9,11-12,14H,3-7,10,16H2,1-2H3/t12?,14-/m1/s1. The van der Waals surface area contributed by atoms with Crippen molar-refractivity contribution in [1.29, 1.82) is 0 Å². The predicted octanol–water partition coefficient (Wildman–Crippen LogP) is 3.26. The molecule has 0 aromatic carbocycles. The Balaban J connectivity index is 2.12. The van der Waals surface area contributed by atoms with E-state index >= 15 is 0 Å². The smallest absolute Gasteiger partial charge is 0.0572 e. The molecule has 0 saturated carbocycles. The average molecular weight is 247 g/mol. The Morgan fingerprint density at radius 2 is 2.22 bits per heavy atom. The number of nitrogens with zero attached hydrogens (tertiary/aromatic N) is 2. The zero-order valence-corrected chi connectivity index (χ0v) is 11.6. The van der Waals surface area contributed by atoms with Crippen LogP contribution in [0.3, 0.4) is 0 Å². The molecule has 18 heavy (non-hydrogen) atoms. The van der Waals surface area contributed by atoms with Gasteiger partial charge in [-0.2, -0.15) is 0 Å². The van der Waals surface area contributed by atoms with Crippen molar-refractivity contribution in [2.75, 3.05) is 11.4 Å². The molecule has 3 heteroatoms. The van der Waals surface area contributed by atoms with E-state index in [1.807, 2.05) is 6.20 Å². The summed E-state index contributed by atoms with van der Waals surface area (Å²) in [6.45, 7) is 5.57. The van der Waals surface area contributed by atoms with E-state index in [0.29, 0.717) is 6.04 Å². The van der Waals surface area contributed by atoms with Gasteiger partial charge < -0.3 is 10.6 Å². The molecule has 0 bridgehead atoms. The van der Waals surface area contributed by atoms with Gasteiger partial charge in [0, 0.05) is 18.6 Å². The minimum atomic E-state index is 0.0700. The highest BCUT2D eigenvalue weighted by molar-refractivity contribution is 5.46. The maximum absolute atomic E-state index is 6.00. The Morgan fingerprint density at radius 3 is 2.89 bits per heavy atom. The van der Waals surface area contributed by atoms with E-state index in [0.717, 1.165) is 18.7 Å². The zero-order chi connectivity index (χ0) is 13.0. The van der Waals surface area contributed by atoms with Crippen LogP contribution in [0.1, 0.15) is 57.7 Å². The van der Waals surface area contributed by atoms with Gasteiger partial charge in [0.25, 0.3) is 0 Å². The van der Waals surface area contributed by atoms with Gasteiger partial charge in [0.05, 0.1) is 17.6 Å². The minimum absolute atomic E-state index is 0.0700. The van der Waals surface area contributed by atoms with Gasteiger partial charge in [0.15, 0.2) is 0 Å². The summed E-state index contributed by atoms with van der Waals surface area (Å²) >= 11 is 0. The molecule has 100 valence electrons. The summed E-state index contributed by atoms with van der Waals surface area (Å²) in [6.07, 6.45) is 8.22. The van der Waals surface area contributed by atoms with Crippen molar-refractivity contribution in [1.82, 2.24) is 4.98 Å². The molecule has 2 rings (SSSR count). The molecule has 0 spiro atoms. The van der Waals surface area contributed by atoms with Gasteiger partial charge >= 0.3 is 0 Å². The second-order valence-corrected chi connectivity index (χ2v) is 5.35. The van der Waals surface area contributed by atoms with Crippen molar-refractivity contribution in [3.05, 3.63) is 24.0 Å². The van der Waals surface area contributed by atoms with Crippen molar-refractivity contribution in [2.24, 2.45) is 5.73 Å². The highest BCUT2D eigenvalue weighted by Gasteiger charge is 2.17. The largest absolute Gasteiger partial charge is 0.368 e. The lowest BCUT2D eigenvalue weighted by molar-refractivity contribution is 0.614. The Kier molecular flexibility index (Phi) is 4.59. The van der Waals surface area contributed by atoms with E-state index in [-0.39, 0.29) is 6.04 Å². The number of aromatic nitrogens is 1. The summed E-state index contributed by atoms with van der Waals surface area (Å²) in [5.41, 5.74) is 8.25. The van der Waals surface area contributed by atoms with Crippen molar-refractivity contribution in [3.63, 3.8) is 0 Å². The number of hydrogen-bond acceptors (Lipinski definition) is 3. The van der Waals surface area contributed by atoms with E-state index in [9.17, 15) is 0 Å². The minimum Gasteiger partial charge on any atom is -0.368 e. The number of rotatable bonds is 3. The summed E-state index contributed by atoms with van der Waals surface area (Å²) in [5, 5.41) is 0. The molecular weight excluding hydrogens is 222 g/mol. The molecule has 2 atom stereocenters. The maximum atomic E-state index is 6.00. The fourth-order valence-corrected chi connectivity index (χ4v) is 2.65. The molecule has 1 aliphatic heterocycles. The summed E-state index contributed by atoms with van der Waals surface area (Å²) in [6, 6.07) is 4.96. The molecule has 3 nitrogen and oxygen atoms in total. The number of nitrogens with two attached hydrogens (primary N) is 1. The normalized spacial score (nSPS) is 22.6. The Morgan fingerprint density at radius 1 is 1.39 bits per heavy atom. The Bertz CT molecular complexity index is 361. The molecule has 2 N–H and O–H groups in total. The first-order chi connectivity index (χ1) is 8.72. The van der Waals surface area contributed by atoms with Crippen molar-refractivity contribution < 1.29 is 0 Å². The van der Waals surface area contributed by atoms with E-state index in [1.165, 1.54) is 31.4 Å². The van der Waals surface area contributed by atoms with Crippen LogP contribution >= 0.6 is 0 Å². The van der Waals surface area contributed by atoms with Crippen LogP contribution in [0.4, 0.5) is 5.69 Å². The molecule has 1 fully saturated rings. The molecule has 0 amide bonds. The van der Waals surface area contributed by atoms with Gasteiger partial charge in [-0.25, -0.2) is 0 Å². The van der Waals surface area contributed by atoms with E-state index in [4.69, 9.17) is 5.73 Å². The molecule has 0 aliphatic carbocycles. The Hall–Kier alpha value is -1.09. The molecular formula is C15H25N3. The highest BCUT2D eigenvalue weighted by Crippen LogP contribution is 2.24. The molecule has 1 unspecified atom stereocenters. The fraction of sp³-hybridized carbons (Fsp3) is 0.667. The maximum Gasteiger partial charge on any atom is 0.0572 e. The van der Waals surface area contributed by atoms with Crippen LogP contribution in [-0.4, -0.2) is 17.6 Å². The van der Waals surface area contributed by atoms with Crippen LogP contribution in [0.25, 0.3) is 0 Å². The lowest BCUT2D eigenvalue weighted by Crippen LogP contribution is -2.32. The molecule has 2 heterocycles. The van der Waals surface area contributed by atoms with E-state index in [2.05, 4.69) is 35.9 Å². The van der Waals surface area contributed by atoms with Gasteiger partial charge in [-0.1, -0.05) is 19.8 Å². The number of hydrogen-bond donors (Lipinski definition) is 1. The molecule has 1 aliphatic rings. The van der Waals surface area contributed by atoms with E-state index < -0.39 is 0 Å². The monoisotopic (exact) mass is 247 g/mol. The van der Waals surface area contributed by atoms with Gasteiger partial charge in [0.2, 0.25) is 0 Å². The quantitative estimate of drug-likeness (QED) is 0.891. The van der Waals surface area contributed by atoms with Crippen molar-refractivity contribution >= 4 is 5.69 Å². The van der Waals surface area contributed by atoms with Crippen LogP contribution in [0.15, 0.2) is 18.3 Å². The highest BCUT2D eigenvalue weighted by atomic mass is 15.2. The van der Waals surface area contributed by atoms with Crippen LogP contribution in [0, 0.1) is 0 Å². The summed E-state index contributed by atoms with van der Waals surface area (Å²) < 4.78 is 0. The first-order valence-electron chi connectivity index (χ1n) is 7.20. The predicted molar refractivity (Wildman–Crippen MR) is 76.7 cm³/mol. The fourth-order valence-electron chi connectivity index (χ4n) is 2.65. The van der Waals surface area contributed by atoms with Gasteiger partial charge in [-0.3, -0.25) is 4.98 Å². The van der Waals surface area contributed by atoms with Gasteiger partial charge in [-0.05, 0) is 38.3 Å².